The van der Waals surface area contributed by atoms with Crippen LogP contribution >= 0.6 is 0 Å². The number of hydrogen-bond donors (Lipinski definition) is 2. The number of rotatable bonds is 8. The lowest BCUT2D eigenvalue weighted by Gasteiger charge is -2.19. The molecule has 0 aromatic heterocycles. The minimum absolute atomic E-state index is 0.106. The molecule has 0 radical (unpaired) electrons. The second-order valence-corrected chi connectivity index (χ2v) is 7.11. The molecule has 0 unspecified atom stereocenters. The fraction of sp³-hybridized carbons (Fsp3) is 0.818. The van der Waals surface area contributed by atoms with Crippen molar-refractivity contribution < 1.29 is 23.1 Å². The maximum atomic E-state index is 11.6. The number of amides is 1. The molecule has 0 rings (SSSR count). The molecule has 0 heterocycles. The summed E-state index contributed by atoms with van der Waals surface area (Å²) in [6, 6.07) is -0.995. The summed E-state index contributed by atoms with van der Waals surface area (Å²) in [7, 11) is -2.16. The summed E-state index contributed by atoms with van der Waals surface area (Å²) in [6.45, 7) is 4.78. The van der Waals surface area contributed by atoms with E-state index in [1.165, 1.54) is 14.0 Å². The summed E-state index contributed by atoms with van der Waals surface area (Å²) in [6.07, 6.45) is 0.297. The second-order valence-electron chi connectivity index (χ2n) is 4.74. The summed E-state index contributed by atoms with van der Waals surface area (Å²) < 4.78 is 23.8. The van der Waals surface area contributed by atoms with Crippen LogP contribution in [-0.2, 0) is 19.6 Å². The molecule has 19 heavy (non-hydrogen) atoms. The van der Waals surface area contributed by atoms with E-state index < -0.39 is 27.9 Å². The van der Waals surface area contributed by atoms with Crippen LogP contribution in [0.1, 0.15) is 27.2 Å². The number of hydrogen-bond acceptors (Lipinski definition) is 4. The molecule has 1 amide bonds. The zero-order valence-electron chi connectivity index (χ0n) is 11.7. The van der Waals surface area contributed by atoms with Gasteiger partial charge in [0.1, 0.15) is 6.04 Å². The smallest absolute Gasteiger partial charge is 0.326 e. The standard InChI is InChI=1S/C11H22N2O5S/c1-5-19(17,18)13(4)7-10(14)12-9(11(15)16)6-8(2)3/h8-9H,5-7H2,1-4H3,(H,12,14)(H,15,16)/t9-/m0/s1. The van der Waals surface area contributed by atoms with Crippen molar-refractivity contribution in [3.63, 3.8) is 0 Å². The van der Waals surface area contributed by atoms with Crippen LogP contribution in [0.2, 0.25) is 0 Å². The largest absolute Gasteiger partial charge is 0.480 e. The van der Waals surface area contributed by atoms with Gasteiger partial charge in [-0.2, -0.15) is 4.31 Å². The first-order chi connectivity index (χ1) is 8.60. The zero-order chi connectivity index (χ0) is 15.2. The molecule has 0 saturated carbocycles. The lowest BCUT2D eigenvalue weighted by atomic mass is 10.0. The van der Waals surface area contributed by atoms with Crippen molar-refractivity contribution in [2.75, 3.05) is 19.3 Å². The van der Waals surface area contributed by atoms with Gasteiger partial charge in [0.2, 0.25) is 15.9 Å². The maximum absolute atomic E-state index is 11.6. The van der Waals surface area contributed by atoms with E-state index in [1.54, 1.807) is 0 Å². The molecule has 0 spiro atoms. The number of sulfonamides is 1. The van der Waals surface area contributed by atoms with Gasteiger partial charge in [-0.1, -0.05) is 13.8 Å². The maximum Gasteiger partial charge on any atom is 0.326 e. The predicted molar refractivity (Wildman–Crippen MR) is 71.1 cm³/mol. The summed E-state index contributed by atoms with van der Waals surface area (Å²) in [5.74, 6) is -1.74. The molecule has 0 aliphatic heterocycles. The van der Waals surface area contributed by atoms with Crippen LogP contribution in [0, 0.1) is 5.92 Å². The van der Waals surface area contributed by atoms with E-state index in [4.69, 9.17) is 5.11 Å². The Morgan fingerprint density at radius 3 is 2.21 bits per heavy atom. The van der Waals surface area contributed by atoms with Gasteiger partial charge in [-0.3, -0.25) is 4.79 Å². The first kappa shape index (κ1) is 17.8. The highest BCUT2D eigenvalue weighted by Crippen LogP contribution is 2.05. The van der Waals surface area contributed by atoms with Crippen LogP contribution < -0.4 is 5.32 Å². The van der Waals surface area contributed by atoms with Gasteiger partial charge in [-0.05, 0) is 19.3 Å². The molecule has 0 aliphatic rings. The Morgan fingerprint density at radius 1 is 1.32 bits per heavy atom. The van der Waals surface area contributed by atoms with Gasteiger partial charge in [-0.15, -0.1) is 0 Å². The van der Waals surface area contributed by atoms with Crippen molar-refractivity contribution in [3.8, 4) is 0 Å². The average Bonchev–Trinajstić information content (AvgIpc) is 2.27. The molecule has 0 aromatic carbocycles. The molecule has 2 N–H and O–H groups in total. The molecular formula is C11H22N2O5S. The lowest BCUT2D eigenvalue weighted by Crippen LogP contribution is -2.46. The number of carbonyl (C=O) groups is 2. The molecule has 0 bridgehead atoms. The third-order valence-corrected chi connectivity index (χ3v) is 4.35. The van der Waals surface area contributed by atoms with E-state index in [0.717, 1.165) is 4.31 Å². The van der Waals surface area contributed by atoms with Crippen LogP contribution in [-0.4, -0.2) is 55.1 Å². The number of carboxylic acids is 1. The molecule has 112 valence electrons. The Morgan fingerprint density at radius 2 is 1.84 bits per heavy atom. The lowest BCUT2D eigenvalue weighted by molar-refractivity contribution is -0.142. The van der Waals surface area contributed by atoms with Crippen molar-refractivity contribution in [1.82, 2.24) is 9.62 Å². The highest BCUT2D eigenvalue weighted by molar-refractivity contribution is 7.89. The van der Waals surface area contributed by atoms with Crippen LogP contribution in [0.5, 0.6) is 0 Å². The molecule has 0 aliphatic carbocycles. The van der Waals surface area contributed by atoms with E-state index in [1.807, 2.05) is 13.8 Å². The van der Waals surface area contributed by atoms with Crippen LogP contribution in [0.25, 0.3) is 0 Å². The van der Waals surface area contributed by atoms with Gasteiger partial charge in [0, 0.05) is 7.05 Å². The van der Waals surface area contributed by atoms with Crippen molar-refractivity contribution in [2.24, 2.45) is 5.92 Å². The number of carboxylic acid groups (broad SMARTS) is 1. The van der Waals surface area contributed by atoms with Gasteiger partial charge in [0.05, 0.1) is 12.3 Å². The molecule has 0 aromatic rings. The van der Waals surface area contributed by atoms with E-state index in [2.05, 4.69) is 5.32 Å². The van der Waals surface area contributed by atoms with E-state index in [-0.39, 0.29) is 18.2 Å². The Kier molecular flexibility index (Phi) is 6.99. The highest BCUT2D eigenvalue weighted by Gasteiger charge is 2.24. The molecule has 0 fully saturated rings. The van der Waals surface area contributed by atoms with E-state index >= 15 is 0 Å². The first-order valence-corrected chi connectivity index (χ1v) is 7.67. The predicted octanol–water partition coefficient (Wildman–Crippen LogP) is -0.117. The summed E-state index contributed by atoms with van der Waals surface area (Å²) >= 11 is 0. The zero-order valence-corrected chi connectivity index (χ0v) is 12.5. The van der Waals surface area contributed by atoms with Crippen LogP contribution in [0.15, 0.2) is 0 Å². The number of carbonyl (C=O) groups excluding carboxylic acids is 1. The van der Waals surface area contributed by atoms with Crippen molar-refractivity contribution in [3.05, 3.63) is 0 Å². The summed E-state index contributed by atoms with van der Waals surface area (Å²) in [5.41, 5.74) is 0. The monoisotopic (exact) mass is 294 g/mol. The van der Waals surface area contributed by atoms with Crippen molar-refractivity contribution in [2.45, 2.75) is 33.2 Å². The molecule has 8 heteroatoms. The number of aliphatic carboxylic acids is 1. The molecular weight excluding hydrogens is 272 g/mol. The first-order valence-electron chi connectivity index (χ1n) is 6.06. The van der Waals surface area contributed by atoms with Crippen molar-refractivity contribution >= 4 is 21.9 Å². The Bertz CT molecular complexity index is 419. The van der Waals surface area contributed by atoms with Gasteiger partial charge in [-0.25, -0.2) is 13.2 Å². The fourth-order valence-corrected chi connectivity index (χ4v) is 2.21. The Labute approximate surface area is 114 Å². The Balaban J connectivity index is 4.55. The minimum atomic E-state index is -3.45. The van der Waals surface area contributed by atoms with Gasteiger partial charge in [0.15, 0.2) is 0 Å². The normalized spacial score (nSPS) is 13.6. The number of likely N-dealkylation sites (N-methyl/N-ethyl adjacent to an activating group) is 1. The van der Waals surface area contributed by atoms with Crippen molar-refractivity contribution in [1.29, 1.82) is 0 Å². The SMILES string of the molecule is CCS(=O)(=O)N(C)CC(=O)N[C@@H](CC(C)C)C(=O)O. The minimum Gasteiger partial charge on any atom is -0.480 e. The van der Waals surface area contributed by atoms with Gasteiger partial charge < -0.3 is 10.4 Å². The Hall–Kier alpha value is -1.15. The molecule has 1 atom stereocenters. The topological polar surface area (TPSA) is 104 Å². The second kappa shape index (κ2) is 7.44. The molecule has 7 nitrogen and oxygen atoms in total. The number of nitrogens with one attached hydrogen (secondary N) is 1. The van der Waals surface area contributed by atoms with E-state index in [0.29, 0.717) is 6.42 Å². The van der Waals surface area contributed by atoms with Crippen LogP contribution in [0.3, 0.4) is 0 Å². The fourth-order valence-electron chi connectivity index (χ4n) is 1.45. The number of nitrogens with zero attached hydrogens (tertiary/aromatic N) is 1. The average molecular weight is 294 g/mol. The highest BCUT2D eigenvalue weighted by atomic mass is 32.2. The third-order valence-electron chi connectivity index (χ3n) is 2.55. The quantitative estimate of drug-likeness (QED) is 0.649. The van der Waals surface area contributed by atoms with Gasteiger partial charge in [0.25, 0.3) is 0 Å². The van der Waals surface area contributed by atoms with Gasteiger partial charge >= 0.3 is 5.97 Å². The van der Waals surface area contributed by atoms with E-state index in [9.17, 15) is 18.0 Å². The third kappa shape index (κ3) is 6.53. The summed E-state index contributed by atoms with van der Waals surface area (Å²) in [5, 5.41) is 11.3. The summed E-state index contributed by atoms with van der Waals surface area (Å²) in [4.78, 5) is 22.6. The van der Waals surface area contributed by atoms with Crippen LogP contribution in [0.4, 0.5) is 0 Å². The molecule has 0 saturated heterocycles.